The number of hydrogen-bond donors (Lipinski definition) is 2. The first-order chi connectivity index (χ1) is 8.63. The van der Waals surface area contributed by atoms with Gasteiger partial charge in [0.2, 0.25) is 5.91 Å². The van der Waals surface area contributed by atoms with Gasteiger partial charge in [0.15, 0.2) is 0 Å². The molecule has 0 aliphatic heterocycles. The number of nitrogens with two attached hydrogens (primary N) is 1. The van der Waals surface area contributed by atoms with Crippen LogP contribution in [-0.2, 0) is 16.1 Å². The van der Waals surface area contributed by atoms with Crippen molar-refractivity contribution in [3.8, 4) is 6.07 Å². The molecule has 96 valence electrons. The average molecular weight is 251 g/mol. The molecule has 6 heteroatoms. The number of carbonyl (C=O) groups excluding carboxylic acids is 1. The lowest BCUT2D eigenvalue weighted by Crippen LogP contribution is -2.24. The Bertz CT molecular complexity index is 457. The van der Waals surface area contributed by atoms with Crippen molar-refractivity contribution >= 4 is 5.91 Å². The van der Waals surface area contributed by atoms with Crippen molar-refractivity contribution in [3.63, 3.8) is 0 Å². The molecular weight excluding hydrogens is 237 g/mol. The van der Waals surface area contributed by atoms with E-state index in [4.69, 9.17) is 15.7 Å². The van der Waals surface area contributed by atoms with Gasteiger partial charge >= 0.3 is 0 Å². The minimum atomic E-state index is -0.520. The number of hydrogen-bond acceptors (Lipinski definition) is 4. The first kappa shape index (κ1) is 14.1. The zero-order valence-electron chi connectivity index (χ0n) is 9.78. The Balaban J connectivity index is 2.27. The molecule has 5 nitrogen and oxygen atoms in total. The number of amides is 1. The second kappa shape index (κ2) is 7.37. The smallest absolute Gasteiger partial charge is 0.243 e. The highest BCUT2D eigenvalue weighted by Gasteiger charge is 2.02. The SMILES string of the molecule is N#Cc1ccc(CNCCOCC(N)=O)c(F)c1. The Morgan fingerprint density at radius 3 is 2.94 bits per heavy atom. The third-order valence-corrected chi connectivity index (χ3v) is 2.17. The second-order valence-electron chi connectivity index (χ2n) is 3.61. The number of halogens is 1. The van der Waals surface area contributed by atoms with Crippen LogP contribution in [0.15, 0.2) is 18.2 Å². The maximum Gasteiger partial charge on any atom is 0.243 e. The maximum atomic E-state index is 13.4. The molecule has 3 N–H and O–H groups in total. The summed E-state index contributed by atoms with van der Waals surface area (Å²) in [5.41, 5.74) is 5.65. The van der Waals surface area contributed by atoms with Gasteiger partial charge in [-0.2, -0.15) is 5.26 Å². The van der Waals surface area contributed by atoms with Crippen LogP contribution in [0.3, 0.4) is 0 Å². The zero-order valence-corrected chi connectivity index (χ0v) is 9.78. The van der Waals surface area contributed by atoms with Gasteiger partial charge < -0.3 is 15.8 Å². The summed E-state index contributed by atoms with van der Waals surface area (Å²) in [6.07, 6.45) is 0. The molecule has 0 aliphatic carbocycles. The van der Waals surface area contributed by atoms with Crippen LogP contribution in [0, 0.1) is 17.1 Å². The molecule has 0 aromatic heterocycles. The summed E-state index contributed by atoms with van der Waals surface area (Å²) < 4.78 is 18.4. The van der Waals surface area contributed by atoms with Gasteiger partial charge in [-0.25, -0.2) is 4.39 Å². The highest BCUT2D eigenvalue weighted by atomic mass is 19.1. The van der Waals surface area contributed by atoms with E-state index in [1.807, 2.05) is 6.07 Å². The van der Waals surface area contributed by atoms with Crippen LogP contribution in [0.2, 0.25) is 0 Å². The largest absolute Gasteiger partial charge is 0.370 e. The lowest BCUT2D eigenvalue weighted by atomic mass is 10.1. The molecular formula is C12H14FN3O2. The van der Waals surface area contributed by atoms with Crippen molar-refractivity contribution in [1.82, 2.24) is 5.32 Å². The number of ether oxygens (including phenoxy) is 1. The molecule has 0 heterocycles. The van der Waals surface area contributed by atoms with Crippen LogP contribution in [0.25, 0.3) is 0 Å². The molecule has 0 aliphatic rings. The van der Waals surface area contributed by atoms with Gasteiger partial charge in [-0.1, -0.05) is 6.07 Å². The molecule has 0 spiro atoms. The molecule has 1 amide bonds. The standard InChI is InChI=1S/C12H14FN3O2/c13-11-5-9(6-14)1-2-10(11)7-16-3-4-18-8-12(15)17/h1-2,5,16H,3-4,7-8H2,(H2,15,17). The van der Waals surface area contributed by atoms with Crippen molar-refractivity contribution in [2.24, 2.45) is 5.73 Å². The summed E-state index contributed by atoms with van der Waals surface area (Å²) in [5.74, 6) is -0.937. The maximum absolute atomic E-state index is 13.4. The van der Waals surface area contributed by atoms with Crippen molar-refractivity contribution in [2.45, 2.75) is 6.54 Å². The molecule has 0 bridgehead atoms. The number of nitrogens with one attached hydrogen (secondary N) is 1. The first-order valence-electron chi connectivity index (χ1n) is 5.38. The minimum Gasteiger partial charge on any atom is -0.370 e. The molecule has 0 saturated heterocycles. The Kier molecular flexibility index (Phi) is 5.77. The summed E-state index contributed by atoms with van der Waals surface area (Å²) in [7, 11) is 0. The number of benzene rings is 1. The molecule has 0 atom stereocenters. The van der Waals surface area contributed by atoms with Crippen molar-refractivity contribution in [2.75, 3.05) is 19.8 Å². The topological polar surface area (TPSA) is 88.1 Å². The Labute approximate surface area is 104 Å². The van der Waals surface area contributed by atoms with Gasteiger partial charge in [0, 0.05) is 18.7 Å². The lowest BCUT2D eigenvalue weighted by molar-refractivity contribution is -0.122. The Hall–Kier alpha value is -1.97. The van der Waals surface area contributed by atoms with Gasteiger partial charge in [-0.15, -0.1) is 0 Å². The fourth-order valence-electron chi connectivity index (χ4n) is 1.30. The van der Waals surface area contributed by atoms with Gasteiger partial charge in [-0.05, 0) is 12.1 Å². The van der Waals surface area contributed by atoms with E-state index in [0.29, 0.717) is 30.8 Å². The van der Waals surface area contributed by atoms with Gasteiger partial charge in [0.1, 0.15) is 12.4 Å². The lowest BCUT2D eigenvalue weighted by Gasteiger charge is -2.06. The van der Waals surface area contributed by atoms with Crippen molar-refractivity contribution < 1.29 is 13.9 Å². The van der Waals surface area contributed by atoms with Crippen LogP contribution in [0.1, 0.15) is 11.1 Å². The second-order valence-corrected chi connectivity index (χ2v) is 3.61. The molecule has 1 rings (SSSR count). The predicted molar refractivity (Wildman–Crippen MR) is 62.8 cm³/mol. The van der Waals surface area contributed by atoms with E-state index in [9.17, 15) is 9.18 Å². The predicted octanol–water partition coefficient (Wildman–Crippen LogP) is 0.289. The van der Waals surface area contributed by atoms with Crippen LogP contribution < -0.4 is 11.1 Å². The first-order valence-corrected chi connectivity index (χ1v) is 5.38. The molecule has 0 unspecified atom stereocenters. The molecule has 0 saturated carbocycles. The summed E-state index contributed by atoms with van der Waals surface area (Å²) in [5, 5.41) is 11.5. The Morgan fingerprint density at radius 1 is 1.56 bits per heavy atom. The fourth-order valence-corrected chi connectivity index (χ4v) is 1.30. The van der Waals surface area contributed by atoms with E-state index >= 15 is 0 Å². The molecule has 1 aromatic rings. The summed E-state index contributed by atoms with van der Waals surface area (Å²) in [6.45, 7) is 1.01. The third-order valence-electron chi connectivity index (χ3n) is 2.17. The van der Waals surface area contributed by atoms with E-state index in [0.717, 1.165) is 0 Å². The van der Waals surface area contributed by atoms with Crippen LogP contribution >= 0.6 is 0 Å². The van der Waals surface area contributed by atoms with E-state index in [2.05, 4.69) is 5.32 Å². The highest BCUT2D eigenvalue weighted by molar-refractivity contribution is 5.74. The van der Waals surface area contributed by atoms with Crippen LogP contribution in [0.5, 0.6) is 0 Å². The van der Waals surface area contributed by atoms with E-state index < -0.39 is 11.7 Å². The normalized spacial score (nSPS) is 10.0. The minimum absolute atomic E-state index is 0.118. The molecule has 0 radical (unpaired) electrons. The van der Waals surface area contributed by atoms with Gasteiger partial charge in [0.05, 0.1) is 18.2 Å². The van der Waals surface area contributed by atoms with Gasteiger partial charge in [0.25, 0.3) is 0 Å². The summed E-state index contributed by atoms with van der Waals surface area (Å²) >= 11 is 0. The number of nitrogens with zero attached hydrogens (tertiary/aromatic N) is 1. The number of nitriles is 1. The quantitative estimate of drug-likeness (QED) is 0.682. The molecule has 18 heavy (non-hydrogen) atoms. The summed E-state index contributed by atoms with van der Waals surface area (Å²) in [4.78, 5) is 10.4. The van der Waals surface area contributed by atoms with Crippen molar-refractivity contribution in [3.05, 3.63) is 35.1 Å². The zero-order chi connectivity index (χ0) is 13.4. The number of primary amides is 1. The fraction of sp³-hybridized carbons (Fsp3) is 0.333. The van der Waals surface area contributed by atoms with E-state index in [1.165, 1.54) is 6.07 Å². The third kappa shape index (κ3) is 4.91. The van der Waals surface area contributed by atoms with Crippen LogP contribution in [0.4, 0.5) is 4.39 Å². The monoisotopic (exact) mass is 251 g/mol. The average Bonchev–Trinajstić information content (AvgIpc) is 2.34. The molecule has 0 fully saturated rings. The number of rotatable bonds is 7. The highest BCUT2D eigenvalue weighted by Crippen LogP contribution is 2.09. The van der Waals surface area contributed by atoms with E-state index in [-0.39, 0.29) is 6.61 Å². The molecule has 1 aromatic carbocycles. The van der Waals surface area contributed by atoms with Crippen molar-refractivity contribution in [1.29, 1.82) is 5.26 Å². The summed E-state index contributed by atoms with van der Waals surface area (Å²) in [6, 6.07) is 6.18. The number of carbonyl (C=O) groups is 1. The Morgan fingerprint density at radius 2 is 2.33 bits per heavy atom. The van der Waals surface area contributed by atoms with E-state index in [1.54, 1.807) is 12.1 Å². The van der Waals surface area contributed by atoms with Gasteiger partial charge in [-0.3, -0.25) is 4.79 Å². The van der Waals surface area contributed by atoms with Crippen LogP contribution in [-0.4, -0.2) is 25.7 Å².